The number of alkyl halides is 3. The molecule has 0 aliphatic rings. The molecule has 0 fully saturated rings. The van der Waals surface area contributed by atoms with Gasteiger partial charge in [0.25, 0.3) is 0 Å². The molecule has 0 spiro atoms. The molecule has 0 saturated heterocycles. The zero-order valence-corrected chi connectivity index (χ0v) is 12.7. The predicted octanol–water partition coefficient (Wildman–Crippen LogP) is 3.68. The van der Waals surface area contributed by atoms with Crippen molar-refractivity contribution in [3.63, 3.8) is 0 Å². The first-order valence-electron chi connectivity index (χ1n) is 7.18. The van der Waals surface area contributed by atoms with Crippen LogP contribution in [0.3, 0.4) is 0 Å². The van der Waals surface area contributed by atoms with E-state index in [0.29, 0.717) is 6.54 Å². The lowest BCUT2D eigenvalue weighted by atomic mass is 9.84. The molecule has 116 valence electrons. The summed E-state index contributed by atoms with van der Waals surface area (Å²) in [6.45, 7) is 9.00. The molecular weight excluding hydrogens is 253 g/mol. The van der Waals surface area contributed by atoms with Gasteiger partial charge in [-0.15, -0.1) is 0 Å². The van der Waals surface area contributed by atoms with Crippen molar-refractivity contribution in [2.24, 2.45) is 5.41 Å². The van der Waals surface area contributed by atoms with Gasteiger partial charge in [-0.25, -0.2) is 0 Å². The lowest BCUT2D eigenvalue weighted by Crippen LogP contribution is -2.42. The molecule has 0 aromatic carbocycles. The van der Waals surface area contributed by atoms with Crippen LogP contribution in [0.5, 0.6) is 0 Å². The van der Waals surface area contributed by atoms with Crippen LogP contribution in [0.25, 0.3) is 0 Å². The van der Waals surface area contributed by atoms with Crippen LogP contribution in [-0.4, -0.2) is 44.3 Å². The Kier molecular flexibility index (Phi) is 8.66. The Morgan fingerprint density at radius 3 is 2.16 bits per heavy atom. The molecule has 0 aliphatic carbocycles. The van der Waals surface area contributed by atoms with Crippen LogP contribution in [0.15, 0.2) is 0 Å². The van der Waals surface area contributed by atoms with E-state index in [-0.39, 0.29) is 12.0 Å². The van der Waals surface area contributed by atoms with Crippen LogP contribution in [0.1, 0.15) is 46.5 Å². The van der Waals surface area contributed by atoms with Crippen LogP contribution < -0.4 is 5.32 Å². The van der Waals surface area contributed by atoms with Gasteiger partial charge in [-0.3, -0.25) is 0 Å². The van der Waals surface area contributed by atoms with Crippen LogP contribution in [-0.2, 0) is 0 Å². The molecule has 0 rings (SSSR count). The first-order valence-corrected chi connectivity index (χ1v) is 7.18. The number of rotatable bonds is 10. The highest BCUT2D eigenvalue weighted by Gasteiger charge is 2.29. The lowest BCUT2D eigenvalue weighted by molar-refractivity contribution is -0.138. The summed E-state index contributed by atoms with van der Waals surface area (Å²) < 4.78 is 36.6. The van der Waals surface area contributed by atoms with Crippen LogP contribution in [0, 0.1) is 5.41 Å². The molecular formula is C14H29F3N2. The standard InChI is InChI=1S/C14H29F3N2/c1-5-7-13(3,11-18-9-6-2)12-19(4)10-8-14(15,16)17/h18H,5-12H2,1-4H3. The maximum Gasteiger partial charge on any atom is 0.390 e. The van der Waals surface area contributed by atoms with Gasteiger partial charge in [-0.2, -0.15) is 13.2 Å². The van der Waals surface area contributed by atoms with Crippen molar-refractivity contribution >= 4 is 0 Å². The molecule has 0 radical (unpaired) electrons. The Labute approximate surface area is 115 Å². The Morgan fingerprint density at radius 2 is 1.68 bits per heavy atom. The van der Waals surface area contributed by atoms with Gasteiger partial charge < -0.3 is 10.2 Å². The molecule has 2 nitrogen and oxygen atoms in total. The quantitative estimate of drug-likeness (QED) is 0.615. The summed E-state index contributed by atoms with van der Waals surface area (Å²) in [7, 11) is 1.78. The molecule has 0 bridgehead atoms. The third-order valence-electron chi connectivity index (χ3n) is 3.26. The van der Waals surface area contributed by atoms with Crippen LogP contribution in [0.2, 0.25) is 0 Å². The van der Waals surface area contributed by atoms with Crippen molar-refractivity contribution in [1.29, 1.82) is 0 Å². The zero-order valence-electron chi connectivity index (χ0n) is 12.7. The largest absolute Gasteiger partial charge is 0.390 e. The molecule has 0 heterocycles. The van der Waals surface area contributed by atoms with E-state index < -0.39 is 12.6 Å². The molecule has 0 aromatic rings. The molecule has 0 saturated carbocycles. The fourth-order valence-electron chi connectivity index (χ4n) is 2.44. The van der Waals surface area contributed by atoms with Crippen molar-refractivity contribution in [3.8, 4) is 0 Å². The fourth-order valence-corrected chi connectivity index (χ4v) is 2.44. The van der Waals surface area contributed by atoms with Crippen molar-refractivity contribution in [3.05, 3.63) is 0 Å². The molecule has 0 aromatic heterocycles. The molecule has 1 atom stereocenters. The first kappa shape index (κ1) is 18.7. The van der Waals surface area contributed by atoms with E-state index in [1.54, 1.807) is 11.9 Å². The maximum absolute atomic E-state index is 12.2. The average molecular weight is 282 g/mol. The van der Waals surface area contributed by atoms with E-state index in [1.807, 2.05) is 0 Å². The Hall–Kier alpha value is -0.290. The normalized spacial score (nSPS) is 15.8. The summed E-state index contributed by atoms with van der Waals surface area (Å²) in [5, 5.41) is 3.39. The van der Waals surface area contributed by atoms with E-state index in [9.17, 15) is 13.2 Å². The third-order valence-corrected chi connectivity index (χ3v) is 3.26. The third kappa shape index (κ3) is 10.2. The maximum atomic E-state index is 12.2. The smallest absolute Gasteiger partial charge is 0.316 e. The highest BCUT2D eigenvalue weighted by atomic mass is 19.4. The molecule has 1 N–H and O–H groups in total. The first-order chi connectivity index (χ1) is 8.72. The highest BCUT2D eigenvalue weighted by molar-refractivity contribution is 4.80. The van der Waals surface area contributed by atoms with Gasteiger partial charge in [-0.1, -0.05) is 27.2 Å². The van der Waals surface area contributed by atoms with E-state index in [1.165, 1.54) is 0 Å². The topological polar surface area (TPSA) is 15.3 Å². The minimum Gasteiger partial charge on any atom is -0.316 e. The summed E-state index contributed by atoms with van der Waals surface area (Å²) >= 11 is 0. The fraction of sp³-hybridized carbons (Fsp3) is 1.00. The minimum absolute atomic E-state index is 0.0459. The SMILES string of the molecule is CCCNCC(C)(CCC)CN(C)CCC(F)(F)F. The van der Waals surface area contributed by atoms with Crippen molar-refractivity contribution in [2.45, 2.75) is 52.6 Å². The summed E-state index contributed by atoms with van der Waals surface area (Å²) in [5.74, 6) is 0. The van der Waals surface area contributed by atoms with Gasteiger partial charge in [0.2, 0.25) is 0 Å². The Morgan fingerprint density at radius 1 is 1.05 bits per heavy atom. The van der Waals surface area contributed by atoms with Gasteiger partial charge in [0.1, 0.15) is 0 Å². The summed E-state index contributed by atoms with van der Waals surface area (Å²) in [6.07, 6.45) is -1.63. The van der Waals surface area contributed by atoms with Gasteiger partial charge in [0.15, 0.2) is 0 Å². The number of nitrogens with one attached hydrogen (secondary N) is 1. The van der Waals surface area contributed by atoms with Gasteiger partial charge >= 0.3 is 6.18 Å². The number of hydrogen-bond acceptors (Lipinski definition) is 2. The van der Waals surface area contributed by atoms with Gasteiger partial charge in [0, 0.05) is 19.6 Å². The number of nitrogens with zero attached hydrogens (tertiary/aromatic N) is 1. The van der Waals surface area contributed by atoms with E-state index in [2.05, 4.69) is 26.1 Å². The van der Waals surface area contributed by atoms with Crippen molar-refractivity contribution in [2.75, 3.05) is 33.2 Å². The molecule has 5 heteroatoms. The van der Waals surface area contributed by atoms with Gasteiger partial charge in [0.05, 0.1) is 6.42 Å². The number of hydrogen-bond donors (Lipinski definition) is 1. The van der Waals surface area contributed by atoms with Gasteiger partial charge in [-0.05, 0) is 31.8 Å². The Bertz CT molecular complexity index is 231. The van der Waals surface area contributed by atoms with E-state index in [0.717, 1.165) is 32.4 Å². The second-order valence-electron chi connectivity index (χ2n) is 5.84. The van der Waals surface area contributed by atoms with E-state index in [4.69, 9.17) is 0 Å². The molecule has 1 unspecified atom stereocenters. The molecule has 0 amide bonds. The minimum atomic E-state index is -4.06. The second kappa shape index (κ2) is 8.80. The second-order valence-corrected chi connectivity index (χ2v) is 5.84. The lowest BCUT2D eigenvalue weighted by Gasteiger charge is -2.34. The van der Waals surface area contributed by atoms with Crippen LogP contribution >= 0.6 is 0 Å². The van der Waals surface area contributed by atoms with Crippen LogP contribution in [0.4, 0.5) is 13.2 Å². The van der Waals surface area contributed by atoms with Crippen molar-refractivity contribution in [1.82, 2.24) is 10.2 Å². The Balaban J connectivity index is 4.22. The summed E-state index contributed by atoms with van der Waals surface area (Å²) in [6, 6.07) is 0. The predicted molar refractivity (Wildman–Crippen MR) is 74.3 cm³/mol. The highest BCUT2D eigenvalue weighted by Crippen LogP contribution is 2.25. The monoisotopic (exact) mass is 282 g/mol. The average Bonchev–Trinajstić information content (AvgIpc) is 2.26. The molecule has 0 aliphatic heterocycles. The summed E-state index contributed by atoms with van der Waals surface area (Å²) in [5.41, 5.74) is 0.0459. The molecule has 19 heavy (non-hydrogen) atoms. The number of halogens is 3. The zero-order chi connectivity index (χ0) is 14.9. The van der Waals surface area contributed by atoms with Crippen molar-refractivity contribution < 1.29 is 13.2 Å². The van der Waals surface area contributed by atoms with E-state index >= 15 is 0 Å². The summed E-state index contributed by atoms with van der Waals surface area (Å²) in [4.78, 5) is 1.80.